The summed E-state index contributed by atoms with van der Waals surface area (Å²) in [5.74, 6) is 0.474. The first-order chi connectivity index (χ1) is 7.09. The van der Waals surface area contributed by atoms with E-state index < -0.39 is 0 Å². The molecule has 3 heteroatoms. The monoisotopic (exact) mass is 273 g/mol. The third-order valence-corrected chi connectivity index (χ3v) is 2.88. The fourth-order valence-electron chi connectivity index (χ4n) is 1.34. The van der Waals surface area contributed by atoms with Crippen LogP contribution in [0.3, 0.4) is 0 Å². The lowest BCUT2D eigenvalue weighted by Gasteiger charge is -2.08. The molecular weight excluding hydrogens is 257 g/mol. The molecule has 0 aliphatic carbocycles. The Morgan fingerprint density at radius 3 is 2.73 bits per heavy atom. The van der Waals surface area contributed by atoms with Crippen LogP contribution in [0.1, 0.15) is 19.4 Å². The third-order valence-electron chi connectivity index (χ3n) is 2.14. The fraction of sp³-hybridized carbons (Fsp3) is 0.500. The van der Waals surface area contributed by atoms with Gasteiger partial charge in [0.2, 0.25) is 0 Å². The minimum atomic E-state index is -0.194. The summed E-state index contributed by atoms with van der Waals surface area (Å²) in [5.41, 5.74) is 1.15. The third kappa shape index (κ3) is 4.76. The molecule has 1 N–H and O–H groups in total. The molecule has 1 rings (SSSR count). The van der Waals surface area contributed by atoms with Crippen LogP contribution in [-0.2, 0) is 6.42 Å². The first-order valence-corrected chi connectivity index (χ1v) is 6.03. The molecule has 0 saturated heterocycles. The Labute approximate surface area is 99.2 Å². The average Bonchev–Trinajstić information content (AvgIpc) is 2.14. The van der Waals surface area contributed by atoms with Gasteiger partial charge in [-0.15, -0.1) is 0 Å². The molecule has 0 atom stereocenters. The second kappa shape index (κ2) is 6.23. The van der Waals surface area contributed by atoms with E-state index in [2.05, 4.69) is 35.1 Å². The minimum Gasteiger partial charge on any atom is -0.316 e. The number of hydrogen-bond donors (Lipinski definition) is 1. The van der Waals surface area contributed by atoms with Gasteiger partial charge in [-0.05, 0) is 43.1 Å². The highest BCUT2D eigenvalue weighted by molar-refractivity contribution is 9.10. The van der Waals surface area contributed by atoms with E-state index in [1.807, 2.05) is 6.07 Å². The van der Waals surface area contributed by atoms with Crippen molar-refractivity contribution >= 4 is 15.9 Å². The van der Waals surface area contributed by atoms with E-state index in [9.17, 15) is 4.39 Å². The van der Waals surface area contributed by atoms with Crippen molar-refractivity contribution in [2.75, 3.05) is 13.1 Å². The molecule has 0 fully saturated rings. The van der Waals surface area contributed by atoms with Crippen molar-refractivity contribution in [2.45, 2.75) is 20.3 Å². The summed E-state index contributed by atoms with van der Waals surface area (Å²) in [6, 6.07) is 4.84. The summed E-state index contributed by atoms with van der Waals surface area (Å²) in [6.07, 6.45) is 0.924. The van der Waals surface area contributed by atoms with Gasteiger partial charge in [-0.2, -0.15) is 0 Å². The quantitative estimate of drug-likeness (QED) is 0.812. The highest BCUT2D eigenvalue weighted by atomic mass is 79.9. The molecule has 15 heavy (non-hydrogen) atoms. The first-order valence-electron chi connectivity index (χ1n) is 5.24. The molecular formula is C12H17BrFN. The lowest BCUT2D eigenvalue weighted by atomic mass is 10.1. The maximum Gasteiger partial charge on any atom is 0.124 e. The van der Waals surface area contributed by atoms with Gasteiger partial charge in [-0.3, -0.25) is 0 Å². The molecule has 0 saturated carbocycles. The zero-order valence-corrected chi connectivity index (χ0v) is 10.8. The first kappa shape index (κ1) is 12.7. The smallest absolute Gasteiger partial charge is 0.124 e. The number of benzene rings is 1. The Balaban J connectivity index is 2.37. The van der Waals surface area contributed by atoms with Gasteiger partial charge in [0.15, 0.2) is 0 Å². The van der Waals surface area contributed by atoms with Gasteiger partial charge in [0.1, 0.15) is 5.82 Å². The van der Waals surface area contributed by atoms with Gasteiger partial charge in [0, 0.05) is 4.47 Å². The van der Waals surface area contributed by atoms with Crippen molar-refractivity contribution in [3.8, 4) is 0 Å². The molecule has 0 aromatic heterocycles. The molecule has 0 radical (unpaired) electrons. The van der Waals surface area contributed by atoms with E-state index in [1.54, 1.807) is 0 Å². The predicted octanol–water partition coefficient (Wildman–Crippen LogP) is 3.38. The van der Waals surface area contributed by atoms with Crippen molar-refractivity contribution in [1.82, 2.24) is 5.32 Å². The molecule has 1 aromatic carbocycles. The van der Waals surface area contributed by atoms with Gasteiger partial charge in [-0.1, -0.05) is 35.8 Å². The molecule has 0 heterocycles. The van der Waals surface area contributed by atoms with Gasteiger partial charge >= 0.3 is 0 Å². The number of nitrogens with one attached hydrogen (secondary N) is 1. The molecule has 0 spiro atoms. The van der Waals surface area contributed by atoms with Crippen molar-refractivity contribution in [3.63, 3.8) is 0 Å². The molecule has 0 aliphatic heterocycles. The van der Waals surface area contributed by atoms with Gasteiger partial charge in [0.05, 0.1) is 0 Å². The topological polar surface area (TPSA) is 12.0 Å². The van der Waals surface area contributed by atoms with E-state index in [1.165, 1.54) is 12.1 Å². The van der Waals surface area contributed by atoms with Crippen molar-refractivity contribution < 1.29 is 4.39 Å². The molecule has 0 amide bonds. The van der Waals surface area contributed by atoms with E-state index in [-0.39, 0.29) is 5.82 Å². The summed E-state index contributed by atoms with van der Waals surface area (Å²) < 4.78 is 13.7. The highest BCUT2D eigenvalue weighted by Crippen LogP contribution is 2.18. The maximum absolute atomic E-state index is 12.8. The van der Waals surface area contributed by atoms with Crippen LogP contribution in [0, 0.1) is 11.7 Å². The van der Waals surface area contributed by atoms with Crippen molar-refractivity contribution in [1.29, 1.82) is 0 Å². The maximum atomic E-state index is 12.8. The van der Waals surface area contributed by atoms with Crippen LogP contribution in [0.4, 0.5) is 4.39 Å². The van der Waals surface area contributed by atoms with Crippen molar-refractivity contribution in [3.05, 3.63) is 34.1 Å². The van der Waals surface area contributed by atoms with Crippen LogP contribution in [-0.4, -0.2) is 13.1 Å². The van der Waals surface area contributed by atoms with Crippen LogP contribution < -0.4 is 5.32 Å². The van der Waals surface area contributed by atoms with E-state index in [0.717, 1.165) is 29.5 Å². The molecule has 0 unspecified atom stereocenters. The standard InChI is InChI=1S/C12H17BrFN/c1-9(2)8-15-6-5-10-3-4-11(14)7-12(10)13/h3-4,7,9,15H,5-6,8H2,1-2H3. The highest BCUT2D eigenvalue weighted by Gasteiger charge is 2.01. The molecule has 0 aliphatic rings. The molecule has 0 bridgehead atoms. The van der Waals surface area contributed by atoms with E-state index in [0.29, 0.717) is 5.92 Å². The van der Waals surface area contributed by atoms with Gasteiger partial charge < -0.3 is 5.32 Å². The number of halogens is 2. The molecule has 1 nitrogen and oxygen atoms in total. The Kier molecular flexibility index (Phi) is 5.26. The number of rotatable bonds is 5. The van der Waals surface area contributed by atoms with Crippen LogP contribution in [0.15, 0.2) is 22.7 Å². The molecule has 1 aromatic rings. The number of hydrogen-bond acceptors (Lipinski definition) is 1. The largest absolute Gasteiger partial charge is 0.316 e. The Hall–Kier alpha value is -0.410. The van der Waals surface area contributed by atoms with Crippen LogP contribution in [0.2, 0.25) is 0 Å². The Bertz CT molecular complexity index is 312. The second-order valence-corrected chi connectivity index (χ2v) is 4.94. The van der Waals surface area contributed by atoms with Crippen LogP contribution in [0.25, 0.3) is 0 Å². The lowest BCUT2D eigenvalue weighted by Crippen LogP contribution is -2.22. The average molecular weight is 274 g/mol. The SMILES string of the molecule is CC(C)CNCCc1ccc(F)cc1Br. The molecule has 84 valence electrons. The zero-order chi connectivity index (χ0) is 11.3. The van der Waals surface area contributed by atoms with Crippen LogP contribution >= 0.6 is 15.9 Å². The van der Waals surface area contributed by atoms with E-state index >= 15 is 0 Å². The second-order valence-electron chi connectivity index (χ2n) is 4.08. The Morgan fingerprint density at radius 2 is 2.13 bits per heavy atom. The summed E-state index contributed by atoms with van der Waals surface area (Å²) in [7, 11) is 0. The van der Waals surface area contributed by atoms with Crippen molar-refractivity contribution in [2.24, 2.45) is 5.92 Å². The Morgan fingerprint density at radius 1 is 1.40 bits per heavy atom. The summed E-state index contributed by atoms with van der Waals surface area (Å²) in [4.78, 5) is 0. The van der Waals surface area contributed by atoms with Gasteiger partial charge in [-0.25, -0.2) is 4.39 Å². The summed E-state index contributed by atoms with van der Waals surface area (Å²) in [6.45, 7) is 6.32. The van der Waals surface area contributed by atoms with E-state index in [4.69, 9.17) is 0 Å². The summed E-state index contributed by atoms with van der Waals surface area (Å²) >= 11 is 3.36. The minimum absolute atomic E-state index is 0.194. The fourth-order valence-corrected chi connectivity index (χ4v) is 1.89. The van der Waals surface area contributed by atoms with Crippen LogP contribution in [0.5, 0.6) is 0 Å². The zero-order valence-electron chi connectivity index (χ0n) is 9.19. The predicted molar refractivity (Wildman–Crippen MR) is 65.5 cm³/mol. The van der Waals surface area contributed by atoms with Gasteiger partial charge in [0.25, 0.3) is 0 Å². The lowest BCUT2D eigenvalue weighted by molar-refractivity contribution is 0.553. The summed E-state index contributed by atoms with van der Waals surface area (Å²) in [5, 5.41) is 3.36. The normalized spacial score (nSPS) is 11.0.